The van der Waals surface area contributed by atoms with Gasteiger partial charge in [-0.15, -0.1) is 0 Å². The molecule has 0 aromatic rings. The van der Waals surface area contributed by atoms with Crippen LogP contribution in [0.5, 0.6) is 0 Å². The van der Waals surface area contributed by atoms with Crippen LogP contribution < -0.4 is 10.6 Å². The monoisotopic (exact) mass is 262 g/mol. The molecule has 18 heavy (non-hydrogen) atoms. The van der Waals surface area contributed by atoms with E-state index in [1.54, 1.807) is 0 Å². The fraction of sp³-hybridized carbons (Fsp3) is 1.00. The lowest BCUT2D eigenvalue weighted by Gasteiger charge is -2.57. The molecule has 1 aliphatic rings. The number of likely N-dealkylation sites (N-methyl/N-ethyl adjacent to an activating group) is 1. The molecule has 0 spiro atoms. The van der Waals surface area contributed by atoms with Gasteiger partial charge in [-0.3, -0.25) is 0 Å². The van der Waals surface area contributed by atoms with Gasteiger partial charge in [0.1, 0.15) is 12.6 Å². The molecule has 0 bridgehead atoms. The first-order valence-corrected chi connectivity index (χ1v) is 6.92. The smallest absolute Gasteiger partial charge is 0.200 e. The van der Waals surface area contributed by atoms with Crippen LogP contribution >= 0.6 is 0 Å². The number of hydrogen-bond acceptors (Lipinski definition) is 3. The molecular weight excluding hydrogens is 232 g/mol. The molecule has 1 saturated heterocycles. The Balaban J connectivity index is 2.69. The lowest BCUT2D eigenvalue weighted by molar-refractivity contribution is -0.665. The van der Waals surface area contributed by atoms with E-state index in [1.807, 2.05) is 7.05 Å². The fourth-order valence-electron chi connectivity index (χ4n) is 2.43. The van der Waals surface area contributed by atoms with Crippen molar-refractivity contribution < 1.29 is 25.2 Å². The summed E-state index contributed by atoms with van der Waals surface area (Å²) in [7, 11) is 4.09. The minimum absolute atomic E-state index is 0.0754. The predicted octanol–water partition coefficient (Wildman–Crippen LogP) is -1.86. The van der Waals surface area contributed by atoms with Gasteiger partial charge >= 0.3 is 0 Å². The first-order chi connectivity index (χ1) is 8.45. The van der Waals surface area contributed by atoms with Gasteiger partial charge in [-0.1, -0.05) is 13.8 Å². The van der Waals surface area contributed by atoms with Crippen LogP contribution in [0.2, 0.25) is 0 Å². The standard InChI is InChI=1S/C13H28N2O3/c1-10(6-14-4)12(3)9-18-13(12,8-16)17-7-11(2)15-5/h10-11,14-16H,6-9H2,1-5H3/p+2. The van der Waals surface area contributed by atoms with E-state index >= 15 is 0 Å². The molecule has 1 heterocycles. The van der Waals surface area contributed by atoms with Crippen LogP contribution in [0, 0.1) is 11.3 Å². The van der Waals surface area contributed by atoms with E-state index in [2.05, 4.69) is 38.5 Å². The minimum Gasteiger partial charge on any atom is -0.391 e. The lowest BCUT2D eigenvalue weighted by atomic mass is 9.68. The summed E-state index contributed by atoms with van der Waals surface area (Å²) in [4.78, 5) is 0. The molecule has 5 heteroatoms. The van der Waals surface area contributed by atoms with Crippen molar-refractivity contribution in [3.8, 4) is 0 Å². The molecule has 0 aromatic carbocycles. The number of hydrogen-bond donors (Lipinski definition) is 3. The topological polar surface area (TPSA) is 71.9 Å². The number of rotatable bonds is 8. The maximum absolute atomic E-state index is 9.70. The zero-order valence-electron chi connectivity index (χ0n) is 12.4. The Hall–Kier alpha value is -0.200. The lowest BCUT2D eigenvalue weighted by Crippen LogP contribution is -2.87. The Morgan fingerprint density at radius 1 is 1.39 bits per heavy atom. The first-order valence-electron chi connectivity index (χ1n) is 6.92. The van der Waals surface area contributed by atoms with Gasteiger partial charge in [0.05, 0.1) is 39.3 Å². The molecule has 5 N–H and O–H groups in total. The number of aliphatic hydroxyl groups excluding tert-OH is 1. The van der Waals surface area contributed by atoms with Gasteiger partial charge in [0, 0.05) is 5.92 Å². The van der Waals surface area contributed by atoms with Crippen molar-refractivity contribution in [2.24, 2.45) is 11.3 Å². The molecule has 1 rings (SSSR count). The Kier molecular flexibility index (Phi) is 5.55. The molecule has 1 aliphatic heterocycles. The quantitative estimate of drug-likeness (QED) is 0.480. The van der Waals surface area contributed by atoms with E-state index in [0.29, 0.717) is 25.2 Å². The summed E-state index contributed by atoms with van der Waals surface area (Å²) < 4.78 is 11.6. The zero-order chi connectivity index (χ0) is 13.8. The summed E-state index contributed by atoms with van der Waals surface area (Å²) in [5, 5.41) is 14.0. The molecule has 0 saturated carbocycles. The highest BCUT2D eigenvalue weighted by Crippen LogP contribution is 2.50. The van der Waals surface area contributed by atoms with E-state index in [1.165, 1.54) is 0 Å². The number of ether oxygens (including phenoxy) is 2. The number of nitrogens with two attached hydrogens (primary N) is 2. The van der Waals surface area contributed by atoms with Crippen LogP contribution in [0.4, 0.5) is 0 Å². The summed E-state index contributed by atoms with van der Waals surface area (Å²) >= 11 is 0. The molecule has 108 valence electrons. The zero-order valence-corrected chi connectivity index (χ0v) is 12.4. The van der Waals surface area contributed by atoms with E-state index in [9.17, 15) is 5.11 Å². The largest absolute Gasteiger partial charge is 0.391 e. The van der Waals surface area contributed by atoms with E-state index in [4.69, 9.17) is 9.47 Å². The summed E-state index contributed by atoms with van der Waals surface area (Å²) in [6, 6.07) is 0.370. The molecule has 0 aromatic heterocycles. The molecular formula is C13H30N2O3+2. The van der Waals surface area contributed by atoms with Crippen LogP contribution in [0.1, 0.15) is 20.8 Å². The van der Waals surface area contributed by atoms with Gasteiger partial charge < -0.3 is 25.2 Å². The highest BCUT2D eigenvalue weighted by atomic mass is 16.7. The minimum atomic E-state index is -0.813. The van der Waals surface area contributed by atoms with Crippen LogP contribution in [-0.4, -0.2) is 57.4 Å². The highest BCUT2D eigenvalue weighted by molar-refractivity contribution is 5.01. The Morgan fingerprint density at radius 2 is 2.06 bits per heavy atom. The van der Waals surface area contributed by atoms with Crippen LogP contribution in [0.25, 0.3) is 0 Å². The predicted molar refractivity (Wildman–Crippen MR) is 69.0 cm³/mol. The SMILES string of the molecule is C[NH2+]CC(C)C1(C)COC1(CO)OCC(C)[NH2+]C. The Morgan fingerprint density at radius 3 is 2.44 bits per heavy atom. The average molecular weight is 262 g/mol. The molecule has 4 atom stereocenters. The average Bonchev–Trinajstić information content (AvgIpc) is 2.37. The van der Waals surface area contributed by atoms with Crippen molar-refractivity contribution >= 4 is 0 Å². The first kappa shape index (κ1) is 15.9. The van der Waals surface area contributed by atoms with Gasteiger partial charge in [-0.25, -0.2) is 0 Å². The summed E-state index contributed by atoms with van der Waals surface area (Å²) in [5.41, 5.74) is -0.109. The van der Waals surface area contributed by atoms with Crippen molar-refractivity contribution in [2.75, 3.05) is 40.5 Å². The molecule has 0 amide bonds. The second kappa shape index (κ2) is 6.30. The molecule has 5 nitrogen and oxygen atoms in total. The summed E-state index contributed by atoms with van der Waals surface area (Å²) in [5.74, 6) is -0.378. The third-order valence-electron chi connectivity index (χ3n) is 4.51. The van der Waals surface area contributed by atoms with Crippen molar-refractivity contribution in [3.63, 3.8) is 0 Å². The normalized spacial score (nSPS) is 35.0. The third kappa shape index (κ3) is 2.70. The second-order valence-corrected chi connectivity index (χ2v) is 5.78. The molecule has 4 unspecified atom stereocenters. The van der Waals surface area contributed by atoms with Gasteiger partial charge in [-0.2, -0.15) is 0 Å². The van der Waals surface area contributed by atoms with Crippen molar-refractivity contribution in [2.45, 2.75) is 32.6 Å². The van der Waals surface area contributed by atoms with E-state index in [0.717, 1.165) is 6.54 Å². The van der Waals surface area contributed by atoms with Crippen molar-refractivity contribution in [1.82, 2.24) is 0 Å². The highest BCUT2D eigenvalue weighted by Gasteiger charge is 2.62. The van der Waals surface area contributed by atoms with Crippen LogP contribution in [0.15, 0.2) is 0 Å². The van der Waals surface area contributed by atoms with E-state index < -0.39 is 5.79 Å². The molecule has 1 fully saturated rings. The fourth-order valence-corrected chi connectivity index (χ4v) is 2.43. The van der Waals surface area contributed by atoms with Crippen LogP contribution in [-0.2, 0) is 9.47 Å². The van der Waals surface area contributed by atoms with Gasteiger partial charge in [0.15, 0.2) is 5.79 Å². The Labute approximate surface area is 110 Å². The maximum atomic E-state index is 9.70. The summed E-state index contributed by atoms with van der Waals surface area (Å²) in [6.45, 7) is 8.65. The summed E-state index contributed by atoms with van der Waals surface area (Å²) in [6.07, 6.45) is 0. The van der Waals surface area contributed by atoms with Gasteiger partial charge in [-0.05, 0) is 6.92 Å². The van der Waals surface area contributed by atoms with Gasteiger partial charge in [0.2, 0.25) is 0 Å². The van der Waals surface area contributed by atoms with Crippen molar-refractivity contribution in [1.29, 1.82) is 0 Å². The third-order valence-corrected chi connectivity index (χ3v) is 4.51. The maximum Gasteiger partial charge on any atom is 0.200 e. The van der Waals surface area contributed by atoms with Gasteiger partial charge in [0.25, 0.3) is 0 Å². The van der Waals surface area contributed by atoms with Crippen molar-refractivity contribution in [3.05, 3.63) is 0 Å². The van der Waals surface area contributed by atoms with Crippen LogP contribution in [0.3, 0.4) is 0 Å². The Bertz CT molecular complexity index is 261. The number of quaternary nitrogens is 2. The second-order valence-electron chi connectivity index (χ2n) is 5.78. The molecule has 0 aliphatic carbocycles. The molecule has 0 radical (unpaired) electrons. The number of aliphatic hydroxyl groups is 1. The van der Waals surface area contributed by atoms with E-state index in [-0.39, 0.29) is 12.0 Å².